The quantitative estimate of drug-likeness (QED) is 0.177. The van der Waals surface area contributed by atoms with Crippen molar-refractivity contribution in [3.05, 3.63) is 11.6 Å². The molecule has 0 bridgehead atoms. The third-order valence-electron chi connectivity index (χ3n) is 11.1. The van der Waals surface area contributed by atoms with E-state index in [-0.39, 0.29) is 43.8 Å². The second-order valence-electron chi connectivity index (χ2n) is 14.3. The molecule has 12 heteroatoms. The highest BCUT2D eigenvalue weighted by molar-refractivity contribution is 7.46. The highest BCUT2D eigenvalue weighted by Gasteiger charge is 2.69. The fourth-order valence-electron chi connectivity index (χ4n) is 8.90. The number of rotatable bonds is 8. The van der Waals surface area contributed by atoms with Crippen LogP contribution >= 0.6 is 7.82 Å². The summed E-state index contributed by atoms with van der Waals surface area (Å²) in [5.41, 5.74) is -5.16. The number of esters is 1. The second kappa shape index (κ2) is 10.5. The van der Waals surface area contributed by atoms with Crippen LogP contribution in [-0.4, -0.2) is 77.1 Å². The van der Waals surface area contributed by atoms with Crippen LogP contribution in [0.25, 0.3) is 0 Å². The van der Waals surface area contributed by atoms with Gasteiger partial charge in [0, 0.05) is 18.3 Å². The number of phosphoric acid groups is 1. The van der Waals surface area contributed by atoms with Gasteiger partial charge in [-0.2, -0.15) is 0 Å². The molecule has 0 aromatic rings. The number of ether oxygens (including phenoxy) is 1. The van der Waals surface area contributed by atoms with Crippen LogP contribution in [0.15, 0.2) is 11.6 Å². The largest absolute Gasteiger partial charge is 0.469 e. The first kappa shape index (κ1) is 32.7. The minimum Gasteiger partial charge on any atom is -0.460 e. The number of aliphatic hydroxyl groups excluding tert-OH is 1. The van der Waals surface area contributed by atoms with Crippen LogP contribution in [0.2, 0.25) is 0 Å². The fourth-order valence-corrected chi connectivity index (χ4v) is 9.47. The molecule has 4 rings (SSSR count). The van der Waals surface area contributed by atoms with Crippen molar-refractivity contribution in [3.63, 3.8) is 0 Å². The molecule has 3 fully saturated rings. The second-order valence-corrected chi connectivity index (χ2v) is 15.5. The molecule has 3 saturated carbocycles. The lowest BCUT2D eigenvalue weighted by Crippen LogP contribution is -2.63. The fraction of sp³-hybridized carbons (Fsp3) is 0.862. The van der Waals surface area contributed by atoms with Crippen molar-refractivity contribution < 1.29 is 53.6 Å². The summed E-state index contributed by atoms with van der Waals surface area (Å²) in [6.07, 6.45) is 0.473. The minimum absolute atomic E-state index is 0.0397. The average molecular weight is 603 g/mol. The van der Waals surface area contributed by atoms with Crippen molar-refractivity contribution >= 4 is 19.6 Å². The Balaban J connectivity index is 1.68. The molecule has 0 spiro atoms. The lowest BCUT2D eigenvalue weighted by molar-refractivity contribution is -0.181. The third kappa shape index (κ3) is 5.74. The molecule has 0 saturated heterocycles. The van der Waals surface area contributed by atoms with Crippen molar-refractivity contribution in [2.75, 3.05) is 0 Å². The Bertz CT molecular complexity index is 1140. The van der Waals surface area contributed by atoms with Gasteiger partial charge >= 0.3 is 13.8 Å². The van der Waals surface area contributed by atoms with E-state index < -0.39 is 71.6 Å². The lowest BCUT2D eigenvalue weighted by Gasteiger charge is -2.61. The number of carbonyl (C=O) groups excluding carboxylic acids is 2. The van der Waals surface area contributed by atoms with E-state index in [0.29, 0.717) is 24.8 Å². The van der Waals surface area contributed by atoms with Gasteiger partial charge in [0.25, 0.3) is 0 Å². The third-order valence-corrected chi connectivity index (χ3v) is 11.6. The zero-order chi connectivity index (χ0) is 31.0. The first-order chi connectivity index (χ1) is 18.5. The molecule has 41 heavy (non-hydrogen) atoms. The van der Waals surface area contributed by atoms with Crippen LogP contribution in [0.5, 0.6) is 0 Å². The van der Waals surface area contributed by atoms with Gasteiger partial charge in [-0.25, -0.2) is 4.57 Å². The van der Waals surface area contributed by atoms with Crippen LogP contribution < -0.4 is 0 Å². The van der Waals surface area contributed by atoms with Gasteiger partial charge < -0.3 is 34.9 Å². The number of carbonyl (C=O) groups is 2. The van der Waals surface area contributed by atoms with E-state index in [2.05, 4.69) is 0 Å². The topological polar surface area (TPSA) is 191 Å². The monoisotopic (exact) mass is 602 g/mol. The van der Waals surface area contributed by atoms with Crippen LogP contribution in [0.4, 0.5) is 0 Å². The molecule has 11 nitrogen and oxygen atoms in total. The maximum atomic E-state index is 13.7. The van der Waals surface area contributed by atoms with Gasteiger partial charge in [0.15, 0.2) is 5.78 Å². The summed E-state index contributed by atoms with van der Waals surface area (Å²) in [4.78, 5) is 44.6. The first-order valence-corrected chi connectivity index (χ1v) is 16.1. The van der Waals surface area contributed by atoms with Crippen molar-refractivity contribution in [2.24, 2.45) is 28.6 Å². The number of allylic oxidation sites excluding steroid dienone is 1. The van der Waals surface area contributed by atoms with E-state index in [4.69, 9.17) is 9.26 Å². The molecule has 0 heterocycles. The average Bonchev–Trinajstić information content (AvgIpc) is 3.09. The summed E-state index contributed by atoms with van der Waals surface area (Å²) in [5.74, 6) is -2.30. The van der Waals surface area contributed by atoms with Gasteiger partial charge in [-0.15, -0.1) is 0 Å². The number of hydrogen-bond donors (Lipinski definition) is 6. The predicted molar refractivity (Wildman–Crippen MR) is 147 cm³/mol. The Labute approximate surface area is 241 Å². The van der Waals surface area contributed by atoms with E-state index in [1.54, 1.807) is 20.8 Å². The Morgan fingerprint density at radius 2 is 1.76 bits per heavy atom. The standard InChI is InChI=1S/C29H47O11P/c1-16(30)39-21-14-19-20(31)13-18-17(26(19,4)15-22(21)40-41(36,37)38)7-11-27(5)23(8-12-29(18,27)35)28(6,34)24(32)9-10-25(2,3)33/h13,17,19,21-24,32-35H,7-12,14-15H2,1-6H3,(H2,36,37,38)/t17-,19-,21+,22-,23-,24+,26+,27+,28+,29+/m0/s1. The SMILES string of the molecule is CC(=O)O[C@@H]1C[C@H]2C(=O)C=C3[C@H](CC[C@]4(C)[C@@H]([C@@](C)(O)[C@H](O)CCC(C)(C)O)CC[C@@]34O)[C@@]2(C)C[C@@H]1OP(=O)(O)O. The van der Waals surface area contributed by atoms with E-state index in [1.807, 2.05) is 13.8 Å². The van der Waals surface area contributed by atoms with Gasteiger partial charge in [0.2, 0.25) is 0 Å². The Kier molecular flexibility index (Phi) is 8.37. The molecule has 10 atom stereocenters. The molecular formula is C29H47O11P. The molecule has 0 aliphatic heterocycles. The molecular weight excluding hydrogens is 555 g/mol. The van der Waals surface area contributed by atoms with Crippen molar-refractivity contribution in [2.45, 2.75) is 128 Å². The normalized spacial score (nSPS) is 41.4. The summed E-state index contributed by atoms with van der Waals surface area (Å²) < 4.78 is 22.3. The maximum Gasteiger partial charge on any atom is 0.469 e. The van der Waals surface area contributed by atoms with Crippen molar-refractivity contribution in [1.82, 2.24) is 0 Å². The van der Waals surface area contributed by atoms with Gasteiger partial charge in [-0.3, -0.25) is 14.1 Å². The van der Waals surface area contributed by atoms with Crippen LogP contribution in [0.1, 0.15) is 92.9 Å². The maximum absolute atomic E-state index is 13.7. The summed E-state index contributed by atoms with van der Waals surface area (Å²) in [5, 5.41) is 45.3. The summed E-state index contributed by atoms with van der Waals surface area (Å²) >= 11 is 0. The molecule has 0 amide bonds. The highest BCUT2D eigenvalue weighted by atomic mass is 31.2. The van der Waals surface area contributed by atoms with Crippen molar-refractivity contribution in [3.8, 4) is 0 Å². The number of aliphatic hydroxyl groups is 4. The highest BCUT2D eigenvalue weighted by Crippen LogP contribution is 2.69. The molecule has 0 aromatic heterocycles. The molecule has 0 unspecified atom stereocenters. The molecule has 0 radical (unpaired) electrons. The van der Waals surface area contributed by atoms with Crippen LogP contribution in [0, 0.1) is 28.6 Å². The molecule has 4 aliphatic rings. The number of phosphoric ester groups is 1. The number of fused-ring (bicyclic) bond motifs is 5. The smallest absolute Gasteiger partial charge is 0.460 e. The molecule has 0 aromatic carbocycles. The Hall–Kier alpha value is -1.17. The summed E-state index contributed by atoms with van der Waals surface area (Å²) in [6.45, 7) is 9.82. The van der Waals surface area contributed by atoms with E-state index in [1.165, 1.54) is 13.0 Å². The van der Waals surface area contributed by atoms with Gasteiger partial charge in [0.05, 0.1) is 22.9 Å². The Morgan fingerprint density at radius 3 is 2.32 bits per heavy atom. The van der Waals surface area contributed by atoms with E-state index in [9.17, 15) is 44.4 Å². The zero-order valence-electron chi connectivity index (χ0n) is 24.9. The van der Waals surface area contributed by atoms with Gasteiger partial charge in [-0.1, -0.05) is 13.8 Å². The summed E-state index contributed by atoms with van der Waals surface area (Å²) in [6, 6.07) is 0. The van der Waals surface area contributed by atoms with Crippen LogP contribution in [-0.2, 0) is 23.4 Å². The van der Waals surface area contributed by atoms with Crippen LogP contribution in [0.3, 0.4) is 0 Å². The molecule has 6 N–H and O–H groups in total. The first-order valence-electron chi connectivity index (χ1n) is 14.6. The van der Waals surface area contributed by atoms with Gasteiger partial charge in [-0.05, 0) is 101 Å². The van der Waals surface area contributed by atoms with Gasteiger partial charge in [0.1, 0.15) is 12.2 Å². The van der Waals surface area contributed by atoms with E-state index in [0.717, 1.165) is 0 Å². The lowest BCUT2D eigenvalue weighted by atomic mass is 9.45. The van der Waals surface area contributed by atoms with E-state index >= 15 is 0 Å². The molecule has 234 valence electrons. The zero-order valence-corrected chi connectivity index (χ0v) is 25.8. The predicted octanol–water partition coefficient (Wildman–Crippen LogP) is 2.54. The number of ketones is 1. The van der Waals surface area contributed by atoms with Crippen molar-refractivity contribution in [1.29, 1.82) is 0 Å². The molecule has 4 aliphatic carbocycles. The summed E-state index contributed by atoms with van der Waals surface area (Å²) in [7, 11) is -4.95. The Morgan fingerprint density at radius 1 is 1.12 bits per heavy atom. The number of hydrogen-bond acceptors (Lipinski definition) is 9. The minimum atomic E-state index is -4.95.